The fourth-order valence-corrected chi connectivity index (χ4v) is 5.47. The van der Waals surface area contributed by atoms with Gasteiger partial charge in [0.25, 0.3) is 0 Å². The normalized spacial score (nSPS) is 14.9. The first-order valence-corrected chi connectivity index (χ1v) is 11.4. The van der Waals surface area contributed by atoms with Crippen LogP contribution in [0.1, 0.15) is 30.5 Å². The van der Waals surface area contributed by atoms with Gasteiger partial charge in [0.15, 0.2) is 11.4 Å². The number of anilines is 4. The molecule has 1 aliphatic rings. The molecule has 33 heavy (non-hydrogen) atoms. The zero-order valence-electron chi connectivity index (χ0n) is 19.7. The van der Waals surface area contributed by atoms with Gasteiger partial charge < -0.3 is 9.32 Å². The molecule has 0 unspecified atom stereocenters. The highest BCUT2D eigenvalue weighted by Crippen LogP contribution is 2.54. The summed E-state index contributed by atoms with van der Waals surface area (Å²) in [7, 11) is 0. The minimum Gasteiger partial charge on any atom is -0.454 e. The number of rotatable bonds is 2. The van der Waals surface area contributed by atoms with Crippen LogP contribution in [0.2, 0.25) is 0 Å². The van der Waals surface area contributed by atoms with Crippen molar-refractivity contribution in [3.8, 4) is 0 Å². The first-order chi connectivity index (χ1) is 15.9. The molecule has 0 aliphatic carbocycles. The average Bonchev–Trinajstić information content (AvgIpc) is 3.27. The Kier molecular flexibility index (Phi) is 4.12. The Morgan fingerprint density at radius 2 is 1.42 bits per heavy atom. The van der Waals surface area contributed by atoms with Gasteiger partial charge in [-0.25, -0.2) is 4.98 Å². The largest absolute Gasteiger partial charge is 0.454 e. The summed E-state index contributed by atoms with van der Waals surface area (Å²) in [6, 6.07) is 23.3. The molecule has 0 N–H and O–H groups in total. The van der Waals surface area contributed by atoms with Gasteiger partial charge in [-0.15, -0.1) is 0 Å². The molecule has 4 heteroatoms. The fraction of sp³-hybridized carbons (Fsp3) is 0.207. The number of hydrogen-bond acceptors (Lipinski definition) is 4. The maximum Gasteiger partial charge on any atom is 0.159 e. The minimum absolute atomic E-state index is 0.411. The van der Waals surface area contributed by atoms with Crippen molar-refractivity contribution in [2.24, 2.45) is 0 Å². The van der Waals surface area contributed by atoms with E-state index >= 15 is 0 Å². The number of pyridine rings is 1. The number of furan rings is 1. The van der Waals surface area contributed by atoms with Crippen LogP contribution in [0.3, 0.4) is 0 Å². The van der Waals surface area contributed by atoms with Crippen LogP contribution in [0.5, 0.6) is 0 Å². The summed E-state index contributed by atoms with van der Waals surface area (Å²) in [6.45, 7) is 11.1. The van der Waals surface area contributed by atoms with Gasteiger partial charge in [-0.05, 0) is 69.5 Å². The molecule has 0 spiro atoms. The van der Waals surface area contributed by atoms with Crippen LogP contribution in [-0.2, 0) is 0 Å². The maximum absolute atomic E-state index is 6.49. The summed E-state index contributed by atoms with van der Waals surface area (Å²) < 4.78 is 6.49. The molecule has 0 fully saturated rings. The average molecular weight is 434 g/mol. The quantitative estimate of drug-likeness (QED) is 0.283. The molecule has 3 aromatic carbocycles. The third kappa shape index (κ3) is 2.67. The van der Waals surface area contributed by atoms with Crippen molar-refractivity contribution in [1.29, 1.82) is 0 Å². The predicted molar refractivity (Wildman–Crippen MR) is 137 cm³/mol. The second kappa shape index (κ2) is 6.85. The molecule has 0 saturated carbocycles. The van der Waals surface area contributed by atoms with Gasteiger partial charge in [-0.3, -0.25) is 4.90 Å². The Morgan fingerprint density at radius 3 is 2.21 bits per heavy atom. The van der Waals surface area contributed by atoms with Crippen LogP contribution < -0.4 is 9.80 Å². The Bertz CT molecular complexity index is 1530. The van der Waals surface area contributed by atoms with E-state index in [2.05, 4.69) is 92.9 Å². The summed E-state index contributed by atoms with van der Waals surface area (Å²) in [5, 5.41) is 2.27. The molecule has 4 nitrogen and oxygen atoms in total. The first kappa shape index (κ1) is 19.9. The number of hydrogen-bond donors (Lipinski definition) is 0. The van der Waals surface area contributed by atoms with Crippen molar-refractivity contribution in [2.45, 2.75) is 40.3 Å². The van der Waals surface area contributed by atoms with E-state index < -0.39 is 5.66 Å². The van der Waals surface area contributed by atoms with Crippen LogP contribution in [0.25, 0.3) is 21.9 Å². The lowest BCUT2D eigenvalue weighted by Crippen LogP contribution is -2.49. The highest BCUT2D eigenvalue weighted by Gasteiger charge is 2.47. The highest BCUT2D eigenvalue weighted by atomic mass is 16.3. The topological polar surface area (TPSA) is 32.5 Å². The number of fused-ring (bicyclic) bond motifs is 4. The molecule has 6 rings (SSSR count). The van der Waals surface area contributed by atoms with Gasteiger partial charge in [-0.2, -0.15) is 0 Å². The molecule has 0 bridgehead atoms. The zero-order chi connectivity index (χ0) is 22.9. The van der Waals surface area contributed by atoms with Gasteiger partial charge >= 0.3 is 0 Å². The zero-order valence-corrected chi connectivity index (χ0v) is 19.7. The van der Waals surface area contributed by atoms with Crippen LogP contribution in [0, 0.1) is 20.8 Å². The minimum atomic E-state index is -0.411. The molecule has 2 aromatic heterocycles. The first-order valence-electron chi connectivity index (χ1n) is 11.4. The van der Waals surface area contributed by atoms with E-state index in [1.165, 1.54) is 16.8 Å². The van der Waals surface area contributed by atoms with E-state index in [0.29, 0.717) is 0 Å². The maximum atomic E-state index is 6.49. The van der Waals surface area contributed by atoms with Crippen molar-refractivity contribution in [3.05, 3.63) is 89.6 Å². The molecular weight excluding hydrogens is 406 g/mol. The number of benzene rings is 3. The van der Waals surface area contributed by atoms with E-state index in [1.807, 2.05) is 24.4 Å². The molecule has 0 atom stereocenters. The predicted octanol–water partition coefficient (Wildman–Crippen LogP) is 7.93. The van der Waals surface area contributed by atoms with E-state index in [1.54, 1.807) is 0 Å². The number of aryl methyl sites for hydroxylation is 3. The van der Waals surface area contributed by atoms with E-state index in [-0.39, 0.29) is 0 Å². The van der Waals surface area contributed by atoms with Crippen molar-refractivity contribution >= 4 is 44.8 Å². The van der Waals surface area contributed by atoms with Crippen molar-refractivity contribution in [2.75, 3.05) is 9.80 Å². The van der Waals surface area contributed by atoms with Gasteiger partial charge in [0.05, 0.1) is 11.4 Å². The van der Waals surface area contributed by atoms with Gasteiger partial charge in [0.1, 0.15) is 11.2 Å². The Labute approximate surface area is 194 Å². The molecule has 1 aliphatic heterocycles. The van der Waals surface area contributed by atoms with Crippen molar-refractivity contribution < 1.29 is 4.42 Å². The molecule has 0 amide bonds. The van der Waals surface area contributed by atoms with E-state index in [4.69, 9.17) is 9.40 Å². The summed E-state index contributed by atoms with van der Waals surface area (Å²) in [6.07, 6.45) is 1.88. The van der Waals surface area contributed by atoms with E-state index in [0.717, 1.165) is 44.7 Å². The SMILES string of the molecule is Cc1cccc(C)c1N1c2cccnc2N(c2c(C)ccc3c2oc2ccccc23)C1(C)C. The van der Waals surface area contributed by atoms with Crippen molar-refractivity contribution in [1.82, 2.24) is 4.98 Å². The van der Waals surface area contributed by atoms with Crippen LogP contribution in [0.4, 0.5) is 22.9 Å². The smallest absolute Gasteiger partial charge is 0.159 e. The van der Waals surface area contributed by atoms with Crippen molar-refractivity contribution in [3.63, 3.8) is 0 Å². The lowest BCUT2D eigenvalue weighted by atomic mass is 10.0. The Morgan fingerprint density at radius 1 is 0.697 bits per heavy atom. The standard InChI is InChI=1S/C29H27N3O/c1-18-10-8-11-19(2)25(18)31-23-13-9-17-30-28(23)32(29(31,4)5)26-20(3)15-16-22-21-12-6-7-14-24(21)33-27(22)26/h6-17H,1-5H3. The summed E-state index contributed by atoms with van der Waals surface area (Å²) >= 11 is 0. The number of nitrogens with zero attached hydrogens (tertiary/aromatic N) is 3. The summed E-state index contributed by atoms with van der Waals surface area (Å²) in [5.41, 5.74) is 8.47. The van der Waals surface area contributed by atoms with Crippen LogP contribution in [0.15, 0.2) is 77.3 Å². The monoisotopic (exact) mass is 433 g/mol. The Hall–Kier alpha value is -3.79. The van der Waals surface area contributed by atoms with E-state index in [9.17, 15) is 0 Å². The molecule has 5 aromatic rings. The second-order valence-electron chi connectivity index (χ2n) is 9.46. The Balaban J connectivity index is 1.68. The third-order valence-corrected chi connectivity index (χ3v) is 6.92. The number of para-hydroxylation sites is 2. The second-order valence-corrected chi connectivity index (χ2v) is 9.46. The summed E-state index contributed by atoms with van der Waals surface area (Å²) in [5.74, 6) is 0.946. The van der Waals surface area contributed by atoms with Gasteiger partial charge in [-0.1, -0.05) is 48.5 Å². The van der Waals surface area contributed by atoms with Gasteiger partial charge in [0, 0.05) is 22.7 Å². The molecule has 0 saturated heterocycles. The lowest BCUT2D eigenvalue weighted by molar-refractivity contribution is 0.534. The molecule has 3 heterocycles. The lowest BCUT2D eigenvalue weighted by Gasteiger charge is -2.41. The fourth-order valence-electron chi connectivity index (χ4n) is 5.47. The van der Waals surface area contributed by atoms with Crippen LogP contribution >= 0.6 is 0 Å². The molecule has 164 valence electrons. The molecular formula is C29H27N3O. The van der Waals surface area contributed by atoms with Gasteiger partial charge in [0.2, 0.25) is 0 Å². The third-order valence-electron chi connectivity index (χ3n) is 6.92. The highest BCUT2D eigenvalue weighted by molar-refractivity contribution is 6.11. The van der Waals surface area contributed by atoms with Crippen LogP contribution in [-0.4, -0.2) is 10.6 Å². The summed E-state index contributed by atoms with van der Waals surface area (Å²) in [4.78, 5) is 9.68. The number of aromatic nitrogens is 1. The molecule has 0 radical (unpaired) electrons.